The van der Waals surface area contributed by atoms with Gasteiger partial charge in [-0.2, -0.15) is 0 Å². The molecule has 0 fully saturated rings. The van der Waals surface area contributed by atoms with Gasteiger partial charge < -0.3 is 14.6 Å². The van der Waals surface area contributed by atoms with Crippen molar-refractivity contribution >= 4 is 0 Å². The number of benzene rings is 3. The third-order valence-electron chi connectivity index (χ3n) is 4.97. The molecule has 0 aliphatic heterocycles. The monoisotopic (exact) mass is 386 g/mol. The van der Waals surface area contributed by atoms with Crippen molar-refractivity contribution in [2.75, 3.05) is 20.8 Å². The predicted molar refractivity (Wildman–Crippen MR) is 116 cm³/mol. The first-order valence-corrected chi connectivity index (χ1v) is 9.68. The van der Waals surface area contributed by atoms with E-state index in [9.17, 15) is 5.11 Å². The molecule has 3 aromatic carbocycles. The summed E-state index contributed by atoms with van der Waals surface area (Å²) in [7, 11) is 3.28. The van der Waals surface area contributed by atoms with Crippen LogP contribution >= 0.6 is 0 Å². The molecular weight excluding hydrogens is 360 g/mol. The van der Waals surface area contributed by atoms with Crippen molar-refractivity contribution in [3.63, 3.8) is 0 Å². The molecule has 0 heterocycles. The van der Waals surface area contributed by atoms with E-state index in [1.807, 2.05) is 66.7 Å². The van der Waals surface area contributed by atoms with Crippen molar-refractivity contribution in [3.8, 4) is 23.3 Å². The van der Waals surface area contributed by atoms with Crippen LogP contribution in [0.5, 0.6) is 11.5 Å². The molecule has 0 saturated carbocycles. The normalized spacial score (nSPS) is 12.4. The van der Waals surface area contributed by atoms with Crippen LogP contribution in [0.25, 0.3) is 0 Å². The Morgan fingerprint density at radius 2 is 1.55 bits per heavy atom. The molecule has 0 bridgehead atoms. The highest BCUT2D eigenvalue weighted by atomic mass is 16.5. The summed E-state index contributed by atoms with van der Waals surface area (Å²) in [6.45, 7) is 0.0260. The Kier molecular flexibility index (Phi) is 7.33. The molecule has 3 heteroatoms. The van der Waals surface area contributed by atoms with Gasteiger partial charge in [0.25, 0.3) is 0 Å². The minimum Gasteiger partial charge on any atom is -0.497 e. The summed E-state index contributed by atoms with van der Waals surface area (Å²) in [5, 5.41) is 10.2. The quantitative estimate of drug-likeness (QED) is 0.599. The van der Waals surface area contributed by atoms with Gasteiger partial charge in [-0.25, -0.2) is 0 Å². The number of aliphatic hydroxyl groups excluding tert-OH is 1. The molecule has 0 saturated heterocycles. The fourth-order valence-electron chi connectivity index (χ4n) is 3.41. The van der Waals surface area contributed by atoms with Crippen molar-refractivity contribution in [2.24, 2.45) is 5.92 Å². The van der Waals surface area contributed by atoms with Gasteiger partial charge in [-0.05, 0) is 30.2 Å². The zero-order valence-electron chi connectivity index (χ0n) is 16.8. The molecule has 1 N–H and O–H groups in total. The molecule has 0 aliphatic rings. The summed E-state index contributed by atoms with van der Waals surface area (Å²) < 4.78 is 11.0. The molecule has 0 spiro atoms. The largest absolute Gasteiger partial charge is 0.497 e. The molecule has 3 rings (SSSR count). The van der Waals surface area contributed by atoms with Crippen molar-refractivity contribution in [1.82, 2.24) is 0 Å². The van der Waals surface area contributed by atoms with E-state index in [2.05, 4.69) is 24.0 Å². The first kappa shape index (κ1) is 20.5. The van der Waals surface area contributed by atoms with Crippen LogP contribution in [-0.2, 0) is 6.42 Å². The van der Waals surface area contributed by atoms with Crippen LogP contribution in [0.1, 0.15) is 22.6 Å². The van der Waals surface area contributed by atoms with E-state index in [-0.39, 0.29) is 18.4 Å². The first-order valence-electron chi connectivity index (χ1n) is 9.68. The van der Waals surface area contributed by atoms with Crippen molar-refractivity contribution in [1.29, 1.82) is 0 Å². The fourth-order valence-corrected chi connectivity index (χ4v) is 3.41. The van der Waals surface area contributed by atoms with Gasteiger partial charge in [0.1, 0.15) is 11.5 Å². The molecule has 148 valence electrons. The minimum absolute atomic E-state index is 0.0260. The number of ether oxygens (including phenoxy) is 2. The number of hydrogen-bond acceptors (Lipinski definition) is 3. The van der Waals surface area contributed by atoms with Gasteiger partial charge in [0.05, 0.1) is 20.1 Å². The number of aliphatic hydroxyl groups is 1. The van der Waals surface area contributed by atoms with E-state index in [4.69, 9.17) is 9.47 Å². The first-order chi connectivity index (χ1) is 14.2. The van der Waals surface area contributed by atoms with Gasteiger partial charge in [-0.1, -0.05) is 66.4 Å². The average molecular weight is 386 g/mol. The minimum atomic E-state index is -0.193. The molecule has 0 aromatic heterocycles. The Labute approximate surface area is 172 Å². The van der Waals surface area contributed by atoms with Crippen LogP contribution in [0, 0.1) is 17.8 Å². The second-order valence-electron chi connectivity index (χ2n) is 6.85. The highest BCUT2D eigenvalue weighted by molar-refractivity contribution is 5.47. The highest BCUT2D eigenvalue weighted by Gasteiger charge is 2.25. The van der Waals surface area contributed by atoms with Gasteiger partial charge in [-0.15, -0.1) is 0 Å². The molecular formula is C26H26O3. The maximum Gasteiger partial charge on any atom is 0.127 e. The third kappa shape index (κ3) is 5.40. The summed E-state index contributed by atoms with van der Waals surface area (Å²) in [4.78, 5) is 0. The van der Waals surface area contributed by atoms with E-state index in [1.165, 1.54) is 5.56 Å². The maximum absolute atomic E-state index is 10.2. The SMILES string of the molecule is COc1ccc([C@H](C#Cc2ccccc2)[C@H](CO)Cc2ccccc2)c(OC)c1. The molecule has 3 nitrogen and oxygen atoms in total. The van der Waals surface area contributed by atoms with Crippen LogP contribution in [0.15, 0.2) is 78.9 Å². The lowest BCUT2D eigenvalue weighted by Crippen LogP contribution is -2.19. The number of rotatable bonds is 7. The van der Waals surface area contributed by atoms with E-state index in [0.717, 1.165) is 23.3 Å². The Morgan fingerprint density at radius 3 is 2.17 bits per heavy atom. The van der Waals surface area contributed by atoms with E-state index in [0.29, 0.717) is 5.75 Å². The average Bonchev–Trinajstić information content (AvgIpc) is 2.79. The highest BCUT2D eigenvalue weighted by Crippen LogP contribution is 2.36. The fraction of sp³-hybridized carbons (Fsp3) is 0.231. The zero-order valence-corrected chi connectivity index (χ0v) is 16.8. The van der Waals surface area contributed by atoms with Gasteiger partial charge in [0, 0.05) is 29.7 Å². The zero-order chi connectivity index (χ0) is 20.5. The number of hydrogen-bond donors (Lipinski definition) is 1. The lowest BCUT2D eigenvalue weighted by atomic mass is 9.82. The molecule has 3 aromatic rings. The molecule has 2 atom stereocenters. The van der Waals surface area contributed by atoms with Gasteiger partial charge >= 0.3 is 0 Å². The molecule has 0 aliphatic carbocycles. The molecule has 0 radical (unpaired) electrons. The van der Waals surface area contributed by atoms with Gasteiger partial charge in [0.2, 0.25) is 0 Å². The summed E-state index contributed by atoms with van der Waals surface area (Å²) in [6.07, 6.45) is 0.723. The van der Waals surface area contributed by atoms with E-state index < -0.39 is 0 Å². The topological polar surface area (TPSA) is 38.7 Å². The van der Waals surface area contributed by atoms with Gasteiger partial charge in [0.15, 0.2) is 0 Å². The summed E-state index contributed by atoms with van der Waals surface area (Å²) in [5.41, 5.74) is 3.07. The van der Waals surface area contributed by atoms with E-state index in [1.54, 1.807) is 14.2 Å². The third-order valence-corrected chi connectivity index (χ3v) is 4.97. The van der Waals surface area contributed by atoms with Crippen molar-refractivity contribution in [3.05, 3.63) is 95.6 Å². The van der Waals surface area contributed by atoms with Crippen LogP contribution in [-0.4, -0.2) is 25.9 Å². The number of methoxy groups -OCH3 is 2. The Hall–Kier alpha value is -3.22. The lowest BCUT2D eigenvalue weighted by molar-refractivity contribution is 0.215. The standard InChI is InChI=1S/C26H26O3/c1-28-23-14-16-25(26(18-23)29-2)24(15-13-20-9-5-3-6-10-20)22(19-27)17-21-11-7-4-8-12-21/h3-12,14,16,18,22,24,27H,17,19H2,1-2H3/t22-,24+/m0/s1. The predicted octanol–water partition coefficient (Wildman–Crippen LogP) is 4.69. The smallest absolute Gasteiger partial charge is 0.127 e. The summed E-state index contributed by atoms with van der Waals surface area (Å²) >= 11 is 0. The Bertz CT molecular complexity index is 955. The van der Waals surface area contributed by atoms with Gasteiger partial charge in [-0.3, -0.25) is 0 Å². The lowest BCUT2D eigenvalue weighted by Gasteiger charge is -2.24. The molecule has 29 heavy (non-hydrogen) atoms. The van der Waals surface area contributed by atoms with Crippen LogP contribution < -0.4 is 9.47 Å². The second-order valence-corrected chi connectivity index (χ2v) is 6.85. The van der Waals surface area contributed by atoms with Crippen molar-refractivity contribution < 1.29 is 14.6 Å². The maximum atomic E-state index is 10.2. The van der Waals surface area contributed by atoms with Crippen LogP contribution in [0.2, 0.25) is 0 Å². The van der Waals surface area contributed by atoms with Crippen molar-refractivity contribution in [2.45, 2.75) is 12.3 Å². The summed E-state index contributed by atoms with van der Waals surface area (Å²) in [5.74, 6) is 7.85. The second kappa shape index (κ2) is 10.4. The van der Waals surface area contributed by atoms with Crippen LogP contribution in [0.4, 0.5) is 0 Å². The summed E-state index contributed by atoms with van der Waals surface area (Å²) in [6, 6.07) is 25.8. The molecule has 0 unspecified atom stereocenters. The Morgan fingerprint density at radius 1 is 0.862 bits per heavy atom. The molecule has 0 amide bonds. The van der Waals surface area contributed by atoms with Crippen LogP contribution in [0.3, 0.4) is 0 Å². The Balaban J connectivity index is 2.02. The van der Waals surface area contributed by atoms with E-state index >= 15 is 0 Å².